The van der Waals surface area contributed by atoms with Crippen LogP contribution in [-0.4, -0.2) is 57.6 Å². The quantitative estimate of drug-likeness (QED) is 0.531. The molecule has 3 aromatic carbocycles. The lowest BCUT2D eigenvalue weighted by molar-refractivity contribution is -0.105. The predicted molar refractivity (Wildman–Crippen MR) is 136 cm³/mol. The highest BCUT2D eigenvalue weighted by molar-refractivity contribution is 7.92. The van der Waals surface area contributed by atoms with E-state index in [2.05, 4.69) is 10.2 Å². The molecule has 1 fully saturated rings. The molecule has 1 heterocycles. The highest BCUT2D eigenvalue weighted by atomic mass is 32.2. The summed E-state index contributed by atoms with van der Waals surface area (Å²) in [7, 11) is -3.91. The third-order valence-electron chi connectivity index (χ3n) is 5.78. The molecule has 1 N–H and O–H groups in total. The zero-order valence-electron chi connectivity index (χ0n) is 20.0. The van der Waals surface area contributed by atoms with Gasteiger partial charge in [-0.1, -0.05) is 42.5 Å². The van der Waals surface area contributed by atoms with Crippen molar-refractivity contribution in [3.63, 3.8) is 0 Å². The summed E-state index contributed by atoms with van der Waals surface area (Å²) < 4.78 is 32.8. The molecule has 0 unspecified atom stereocenters. The molecule has 9 heteroatoms. The summed E-state index contributed by atoms with van der Waals surface area (Å²) in [6, 6.07) is 17.1. The molecule has 3 aromatic rings. The summed E-state index contributed by atoms with van der Waals surface area (Å²) in [4.78, 5) is 27.9. The van der Waals surface area contributed by atoms with Crippen LogP contribution in [0.3, 0.4) is 0 Å². The SMILES string of the molecule is CC(C)(C)OC(=O)N1CCN(c2cc(NC=O)c(S(=O)(=O)c3ccccc3)c3ccccc23)CC1. The zero-order valence-corrected chi connectivity index (χ0v) is 20.8. The third kappa shape index (κ3) is 5.09. The Labute approximate surface area is 205 Å². The summed E-state index contributed by atoms with van der Waals surface area (Å²) in [6.07, 6.45) is 0.132. The fourth-order valence-corrected chi connectivity index (χ4v) is 5.85. The van der Waals surface area contributed by atoms with Crippen molar-refractivity contribution in [2.75, 3.05) is 36.4 Å². The number of fused-ring (bicyclic) bond motifs is 1. The summed E-state index contributed by atoms with van der Waals surface area (Å²) in [6.45, 7) is 7.50. The van der Waals surface area contributed by atoms with Gasteiger partial charge in [0, 0.05) is 42.6 Å². The van der Waals surface area contributed by atoms with Crippen LogP contribution in [0.5, 0.6) is 0 Å². The Morgan fingerprint density at radius 3 is 2.14 bits per heavy atom. The number of hydrogen-bond donors (Lipinski definition) is 1. The van der Waals surface area contributed by atoms with Gasteiger partial charge in [-0.05, 0) is 39.0 Å². The Morgan fingerprint density at radius 2 is 1.54 bits per heavy atom. The van der Waals surface area contributed by atoms with Gasteiger partial charge in [-0.3, -0.25) is 4.79 Å². The first-order chi connectivity index (χ1) is 16.6. The van der Waals surface area contributed by atoms with E-state index in [-0.39, 0.29) is 21.6 Å². The van der Waals surface area contributed by atoms with E-state index in [9.17, 15) is 18.0 Å². The molecule has 0 aromatic heterocycles. The van der Waals surface area contributed by atoms with E-state index in [1.165, 1.54) is 0 Å². The number of nitrogens with zero attached hydrogens (tertiary/aromatic N) is 2. The maximum atomic E-state index is 13.6. The van der Waals surface area contributed by atoms with Crippen molar-refractivity contribution in [3.05, 3.63) is 60.7 Å². The Bertz CT molecular complexity index is 1340. The number of anilines is 2. The maximum absolute atomic E-state index is 13.6. The van der Waals surface area contributed by atoms with Crippen molar-refractivity contribution in [1.82, 2.24) is 4.90 Å². The van der Waals surface area contributed by atoms with E-state index in [4.69, 9.17) is 4.74 Å². The molecule has 0 aliphatic carbocycles. The Kier molecular flexibility index (Phi) is 6.71. The summed E-state index contributed by atoms with van der Waals surface area (Å²) in [5.74, 6) is 0. The number of nitrogens with one attached hydrogen (secondary N) is 1. The fraction of sp³-hybridized carbons (Fsp3) is 0.308. The molecule has 0 atom stereocenters. The normalized spacial score (nSPS) is 14.6. The number of amides is 2. The second-order valence-electron chi connectivity index (χ2n) is 9.35. The first-order valence-electron chi connectivity index (χ1n) is 11.4. The van der Waals surface area contributed by atoms with Gasteiger partial charge in [-0.15, -0.1) is 0 Å². The summed E-state index contributed by atoms with van der Waals surface area (Å²) in [5.41, 5.74) is 0.438. The average molecular weight is 496 g/mol. The van der Waals surface area contributed by atoms with E-state index in [0.29, 0.717) is 38.0 Å². The molecule has 2 amide bonds. The van der Waals surface area contributed by atoms with Crippen molar-refractivity contribution in [1.29, 1.82) is 0 Å². The van der Waals surface area contributed by atoms with Crippen LogP contribution >= 0.6 is 0 Å². The average Bonchev–Trinajstić information content (AvgIpc) is 2.83. The van der Waals surface area contributed by atoms with Gasteiger partial charge in [-0.25, -0.2) is 13.2 Å². The van der Waals surface area contributed by atoms with Gasteiger partial charge in [0.1, 0.15) is 10.5 Å². The van der Waals surface area contributed by atoms with Crippen molar-refractivity contribution < 1.29 is 22.7 Å². The number of sulfone groups is 1. The lowest BCUT2D eigenvalue weighted by atomic mass is 10.1. The van der Waals surface area contributed by atoms with E-state index >= 15 is 0 Å². The highest BCUT2D eigenvalue weighted by Crippen LogP contribution is 2.40. The van der Waals surface area contributed by atoms with Crippen LogP contribution in [0.4, 0.5) is 16.2 Å². The van der Waals surface area contributed by atoms with Crippen molar-refractivity contribution in [2.24, 2.45) is 0 Å². The fourth-order valence-electron chi connectivity index (χ4n) is 4.23. The van der Waals surface area contributed by atoms with Gasteiger partial charge in [0.2, 0.25) is 16.2 Å². The minimum absolute atomic E-state index is 0.0579. The molecule has 0 spiro atoms. The number of piperazine rings is 1. The molecule has 35 heavy (non-hydrogen) atoms. The Hall–Kier alpha value is -3.59. The predicted octanol–water partition coefficient (Wildman–Crippen LogP) is 4.30. The van der Waals surface area contributed by atoms with Crippen LogP contribution in [0, 0.1) is 0 Å². The molecular formula is C26H29N3O5S. The third-order valence-corrected chi connectivity index (χ3v) is 7.65. The topological polar surface area (TPSA) is 96.0 Å². The number of carbonyl (C=O) groups excluding carboxylic acids is 2. The van der Waals surface area contributed by atoms with E-state index in [1.807, 2.05) is 32.9 Å². The minimum Gasteiger partial charge on any atom is -0.444 e. The lowest BCUT2D eigenvalue weighted by Crippen LogP contribution is -2.50. The molecule has 1 aliphatic heterocycles. The van der Waals surface area contributed by atoms with Crippen molar-refractivity contribution >= 4 is 44.5 Å². The van der Waals surface area contributed by atoms with E-state index < -0.39 is 15.4 Å². The van der Waals surface area contributed by atoms with Crippen LogP contribution < -0.4 is 10.2 Å². The standard InChI is InChI=1S/C26H29N3O5S/c1-26(2,3)34-25(31)29-15-13-28(14-16-29)23-17-22(27-18-30)24(21-12-8-7-11-20(21)23)35(32,33)19-9-5-4-6-10-19/h4-12,17-18H,13-16H2,1-3H3,(H,27,30). The van der Waals surface area contributed by atoms with Gasteiger partial charge < -0.3 is 19.9 Å². The Balaban J connectivity index is 1.75. The number of rotatable bonds is 5. The maximum Gasteiger partial charge on any atom is 0.410 e. The smallest absolute Gasteiger partial charge is 0.410 e. The Morgan fingerprint density at radius 1 is 0.943 bits per heavy atom. The van der Waals surface area contributed by atoms with Gasteiger partial charge in [0.15, 0.2) is 0 Å². The minimum atomic E-state index is -3.91. The van der Waals surface area contributed by atoms with Crippen molar-refractivity contribution in [2.45, 2.75) is 36.2 Å². The zero-order chi connectivity index (χ0) is 25.2. The van der Waals surface area contributed by atoms with Crippen LogP contribution in [0.1, 0.15) is 20.8 Å². The van der Waals surface area contributed by atoms with Crippen molar-refractivity contribution in [3.8, 4) is 0 Å². The number of hydrogen-bond acceptors (Lipinski definition) is 6. The van der Waals surface area contributed by atoms with Crippen LogP contribution in [0.25, 0.3) is 10.8 Å². The largest absolute Gasteiger partial charge is 0.444 e. The first-order valence-corrected chi connectivity index (χ1v) is 12.9. The van der Waals surface area contributed by atoms with Gasteiger partial charge >= 0.3 is 6.09 Å². The van der Waals surface area contributed by atoms with Gasteiger partial charge in [-0.2, -0.15) is 0 Å². The van der Waals surface area contributed by atoms with Crippen LogP contribution in [0.2, 0.25) is 0 Å². The molecule has 0 bridgehead atoms. The number of carbonyl (C=O) groups is 2. The molecule has 1 aliphatic rings. The molecular weight excluding hydrogens is 466 g/mol. The second kappa shape index (κ2) is 9.58. The molecule has 0 radical (unpaired) electrons. The molecule has 0 saturated carbocycles. The number of benzene rings is 3. The molecule has 8 nitrogen and oxygen atoms in total. The van der Waals surface area contributed by atoms with Gasteiger partial charge in [0.05, 0.1) is 10.6 Å². The van der Waals surface area contributed by atoms with Crippen LogP contribution in [-0.2, 0) is 19.4 Å². The molecule has 4 rings (SSSR count). The summed E-state index contributed by atoms with van der Waals surface area (Å²) >= 11 is 0. The van der Waals surface area contributed by atoms with Crippen LogP contribution in [0.15, 0.2) is 70.5 Å². The van der Waals surface area contributed by atoms with E-state index in [1.54, 1.807) is 53.4 Å². The first kappa shape index (κ1) is 24.5. The molecule has 1 saturated heterocycles. The number of ether oxygens (including phenoxy) is 1. The molecule has 184 valence electrons. The van der Waals surface area contributed by atoms with Gasteiger partial charge in [0.25, 0.3) is 0 Å². The summed E-state index contributed by atoms with van der Waals surface area (Å²) in [5, 5.41) is 3.88. The second-order valence-corrected chi connectivity index (χ2v) is 11.2. The lowest BCUT2D eigenvalue weighted by Gasteiger charge is -2.37. The monoisotopic (exact) mass is 495 g/mol. The van der Waals surface area contributed by atoms with E-state index in [0.717, 1.165) is 11.1 Å². The highest BCUT2D eigenvalue weighted by Gasteiger charge is 2.29.